The lowest BCUT2D eigenvalue weighted by Crippen LogP contribution is -2.35. The first-order valence-corrected chi connectivity index (χ1v) is 5.10. The minimum Gasteiger partial charge on any atom is -0.383 e. The van der Waals surface area contributed by atoms with Crippen LogP contribution in [0.5, 0.6) is 0 Å². The van der Waals surface area contributed by atoms with E-state index in [1.165, 1.54) is 0 Å². The van der Waals surface area contributed by atoms with Gasteiger partial charge in [0.2, 0.25) is 0 Å². The Morgan fingerprint density at radius 3 is 2.54 bits per heavy atom. The predicted molar refractivity (Wildman–Crippen MR) is 58.4 cm³/mol. The van der Waals surface area contributed by atoms with Crippen LogP contribution in [-0.2, 0) is 4.74 Å². The molecule has 0 fully saturated rings. The quantitative estimate of drug-likeness (QED) is 0.467. The topological polar surface area (TPSA) is 12.5 Å². The second-order valence-electron chi connectivity index (χ2n) is 3.44. The minimum atomic E-state index is 0.509. The number of rotatable bonds is 7. The highest BCUT2D eigenvalue weighted by Gasteiger charge is 2.09. The lowest BCUT2D eigenvalue weighted by molar-refractivity contribution is 0.136. The molecule has 0 spiro atoms. The van der Waals surface area contributed by atoms with E-state index in [1.807, 2.05) is 0 Å². The molecular weight excluding hydrogens is 186 g/mol. The largest absolute Gasteiger partial charge is 0.383 e. The van der Waals surface area contributed by atoms with Crippen molar-refractivity contribution in [3.05, 3.63) is 12.2 Å². The molecule has 78 valence electrons. The molecular formula is C10H20ClNO. The maximum absolute atomic E-state index is 5.68. The second kappa shape index (κ2) is 7.36. The summed E-state index contributed by atoms with van der Waals surface area (Å²) in [5, 5.41) is 0. The van der Waals surface area contributed by atoms with E-state index < -0.39 is 0 Å². The third-order valence-corrected chi connectivity index (χ3v) is 2.31. The summed E-state index contributed by atoms with van der Waals surface area (Å²) in [4.78, 5) is 2.30. The molecule has 0 aliphatic rings. The molecule has 0 aromatic rings. The molecule has 13 heavy (non-hydrogen) atoms. The number of nitrogens with zero attached hydrogens (tertiary/aromatic N) is 1. The lowest BCUT2D eigenvalue weighted by atomic mass is 10.2. The molecule has 0 unspecified atom stereocenters. The zero-order valence-electron chi connectivity index (χ0n) is 8.85. The van der Waals surface area contributed by atoms with Crippen molar-refractivity contribution in [2.45, 2.75) is 19.9 Å². The van der Waals surface area contributed by atoms with Gasteiger partial charge in [-0.15, -0.1) is 11.6 Å². The van der Waals surface area contributed by atoms with Crippen molar-refractivity contribution in [3.8, 4) is 0 Å². The monoisotopic (exact) mass is 205 g/mol. The molecule has 0 radical (unpaired) electrons. The third-order valence-electron chi connectivity index (χ3n) is 1.93. The summed E-state index contributed by atoms with van der Waals surface area (Å²) in [6, 6.07) is 0.509. The highest BCUT2D eigenvalue weighted by atomic mass is 35.5. The highest BCUT2D eigenvalue weighted by molar-refractivity contribution is 6.19. The summed E-state index contributed by atoms with van der Waals surface area (Å²) < 4.78 is 5.03. The van der Waals surface area contributed by atoms with Crippen LogP contribution in [0.4, 0.5) is 0 Å². The smallest absolute Gasteiger partial charge is 0.0589 e. The van der Waals surface area contributed by atoms with Crippen LogP contribution in [0.2, 0.25) is 0 Å². The van der Waals surface area contributed by atoms with Gasteiger partial charge in [-0.3, -0.25) is 4.90 Å². The number of hydrogen-bond donors (Lipinski definition) is 0. The molecule has 0 atom stereocenters. The van der Waals surface area contributed by atoms with Gasteiger partial charge in [0, 0.05) is 32.1 Å². The number of hydrogen-bond acceptors (Lipinski definition) is 2. The summed E-state index contributed by atoms with van der Waals surface area (Å²) in [5.41, 5.74) is 1.06. The molecule has 0 saturated heterocycles. The van der Waals surface area contributed by atoms with Gasteiger partial charge in [-0.25, -0.2) is 0 Å². The Balaban J connectivity index is 3.87. The van der Waals surface area contributed by atoms with Crippen molar-refractivity contribution in [1.29, 1.82) is 0 Å². The normalized spacial score (nSPS) is 11.2. The first kappa shape index (κ1) is 12.9. The van der Waals surface area contributed by atoms with Gasteiger partial charge in [0.25, 0.3) is 0 Å². The molecule has 0 N–H and O–H groups in total. The Labute approximate surface area is 86.5 Å². The molecule has 0 saturated carbocycles. The molecule has 0 amide bonds. The van der Waals surface area contributed by atoms with E-state index in [0.29, 0.717) is 11.9 Å². The lowest BCUT2D eigenvalue weighted by Gasteiger charge is -2.26. The SMILES string of the molecule is C=C(CCl)CN(CCOC)C(C)C. The van der Waals surface area contributed by atoms with E-state index in [4.69, 9.17) is 16.3 Å². The molecule has 0 bridgehead atoms. The van der Waals surface area contributed by atoms with Gasteiger partial charge in [0.15, 0.2) is 0 Å². The average molecular weight is 206 g/mol. The first-order valence-electron chi connectivity index (χ1n) is 4.57. The van der Waals surface area contributed by atoms with Crippen LogP contribution in [0, 0.1) is 0 Å². The molecule has 0 rings (SSSR count). The van der Waals surface area contributed by atoms with Gasteiger partial charge in [-0.1, -0.05) is 6.58 Å². The van der Waals surface area contributed by atoms with Gasteiger partial charge >= 0.3 is 0 Å². The van der Waals surface area contributed by atoms with E-state index in [0.717, 1.165) is 25.3 Å². The maximum Gasteiger partial charge on any atom is 0.0589 e. The Bertz CT molecular complexity index is 148. The molecule has 0 aliphatic carbocycles. The van der Waals surface area contributed by atoms with Gasteiger partial charge < -0.3 is 4.74 Å². The number of halogens is 1. The van der Waals surface area contributed by atoms with Crippen LogP contribution in [0.1, 0.15) is 13.8 Å². The third kappa shape index (κ3) is 6.08. The van der Waals surface area contributed by atoms with Gasteiger partial charge in [0.1, 0.15) is 0 Å². The molecule has 2 nitrogen and oxygen atoms in total. The van der Waals surface area contributed by atoms with E-state index in [9.17, 15) is 0 Å². The zero-order valence-corrected chi connectivity index (χ0v) is 9.60. The van der Waals surface area contributed by atoms with E-state index >= 15 is 0 Å². The molecule has 3 heteroatoms. The van der Waals surface area contributed by atoms with Crippen molar-refractivity contribution in [2.75, 3.05) is 32.7 Å². The van der Waals surface area contributed by atoms with Crippen LogP contribution in [0.25, 0.3) is 0 Å². The fourth-order valence-corrected chi connectivity index (χ4v) is 1.14. The van der Waals surface area contributed by atoms with Crippen molar-refractivity contribution < 1.29 is 4.74 Å². The Hall–Kier alpha value is -0.0500. The fraction of sp³-hybridized carbons (Fsp3) is 0.800. The van der Waals surface area contributed by atoms with E-state index in [2.05, 4.69) is 25.3 Å². The number of methoxy groups -OCH3 is 1. The van der Waals surface area contributed by atoms with Crippen LogP contribution >= 0.6 is 11.6 Å². The van der Waals surface area contributed by atoms with Gasteiger partial charge in [-0.2, -0.15) is 0 Å². The molecule has 0 aromatic heterocycles. The zero-order chi connectivity index (χ0) is 10.3. The van der Waals surface area contributed by atoms with Crippen molar-refractivity contribution >= 4 is 11.6 Å². The molecule has 0 aromatic carbocycles. The Morgan fingerprint density at radius 2 is 2.15 bits per heavy atom. The second-order valence-corrected chi connectivity index (χ2v) is 3.71. The van der Waals surface area contributed by atoms with Crippen LogP contribution in [-0.4, -0.2) is 43.6 Å². The highest BCUT2D eigenvalue weighted by Crippen LogP contribution is 2.03. The van der Waals surface area contributed by atoms with Crippen LogP contribution < -0.4 is 0 Å². The summed E-state index contributed by atoms with van der Waals surface area (Å²) >= 11 is 5.68. The predicted octanol–water partition coefficient (Wildman–Crippen LogP) is 2.14. The summed E-state index contributed by atoms with van der Waals surface area (Å²) in [6.07, 6.45) is 0. The van der Waals surface area contributed by atoms with Crippen molar-refractivity contribution in [3.63, 3.8) is 0 Å². The summed E-state index contributed by atoms with van der Waals surface area (Å²) in [5.74, 6) is 0.538. The molecule has 0 aliphatic heterocycles. The Kier molecular flexibility index (Phi) is 7.33. The first-order chi connectivity index (χ1) is 6.11. The van der Waals surface area contributed by atoms with Crippen LogP contribution in [0.15, 0.2) is 12.2 Å². The van der Waals surface area contributed by atoms with Crippen LogP contribution in [0.3, 0.4) is 0 Å². The summed E-state index contributed by atoms with van der Waals surface area (Å²) in [6.45, 7) is 10.8. The standard InChI is InChI=1S/C10H20ClNO/c1-9(2)12(5-6-13-4)8-10(3)7-11/h9H,3,5-8H2,1-2,4H3. The maximum atomic E-state index is 5.68. The summed E-state index contributed by atoms with van der Waals surface area (Å²) in [7, 11) is 1.72. The average Bonchev–Trinajstić information content (AvgIpc) is 2.11. The van der Waals surface area contributed by atoms with E-state index in [1.54, 1.807) is 7.11 Å². The number of alkyl halides is 1. The van der Waals surface area contributed by atoms with Gasteiger partial charge in [-0.05, 0) is 19.4 Å². The Morgan fingerprint density at radius 1 is 1.54 bits per heavy atom. The number of ether oxygens (including phenoxy) is 1. The van der Waals surface area contributed by atoms with Crippen molar-refractivity contribution in [1.82, 2.24) is 4.90 Å². The minimum absolute atomic E-state index is 0.509. The fourth-order valence-electron chi connectivity index (χ4n) is 1.06. The van der Waals surface area contributed by atoms with Gasteiger partial charge in [0.05, 0.1) is 6.61 Å². The molecule has 0 heterocycles. The van der Waals surface area contributed by atoms with Crippen molar-refractivity contribution in [2.24, 2.45) is 0 Å². The van der Waals surface area contributed by atoms with E-state index in [-0.39, 0.29) is 0 Å².